The van der Waals surface area contributed by atoms with Crippen LogP contribution in [0, 0.1) is 0 Å². The fraction of sp³-hybridized carbons (Fsp3) is 0.708. The van der Waals surface area contributed by atoms with E-state index in [-0.39, 0.29) is 0 Å². The predicted octanol–water partition coefficient (Wildman–Crippen LogP) is 6.96. The summed E-state index contributed by atoms with van der Waals surface area (Å²) in [6, 6.07) is 8.99. The molecule has 0 spiro atoms. The van der Waals surface area contributed by atoms with Gasteiger partial charge in [0.15, 0.2) is 0 Å². The van der Waals surface area contributed by atoms with Gasteiger partial charge >= 0.3 is 0 Å². The van der Waals surface area contributed by atoms with E-state index >= 15 is 0 Å². The second kappa shape index (κ2) is 14.8. The summed E-state index contributed by atoms with van der Waals surface area (Å²) in [6.45, 7) is 1.70. The number of unbranched alkanes of at least 4 members (excludes halogenated alkanes) is 11. The Balaban J connectivity index is 1.84. The monoisotopic (exact) mass is 359 g/mol. The maximum absolute atomic E-state index is 10.9. The van der Waals surface area contributed by atoms with Crippen molar-refractivity contribution < 1.29 is 4.79 Å². The molecule has 0 amide bonds. The van der Waals surface area contributed by atoms with Crippen LogP contribution in [0.25, 0.3) is 0 Å². The first-order chi connectivity index (χ1) is 12.6. The highest BCUT2D eigenvalue weighted by Crippen LogP contribution is 2.16. The minimum Gasteiger partial charge on any atom is -0.378 e. The molecule has 0 aromatic heterocycles. The molecule has 148 valence electrons. The largest absolute Gasteiger partial charge is 0.378 e. The molecule has 2 nitrogen and oxygen atoms in total. The van der Waals surface area contributed by atoms with Gasteiger partial charge in [-0.1, -0.05) is 76.3 Å². The van der Waals surface area contributed by atoms with Crippen molar-refractivity contribution in [2.75, 3.05) is 19.0 Å². The van der Waals surface area contributed by atoms with Gasteiger partial charge in [-0.05, 0) is 43.9 Å². The van der Waals surface area contributed by atoms with Gasteiger partial charge in [-0.15, -0.1) is 0 Å². The molecule has 0 atom stereocenters. The summed E-state index contributed by atoms with van der Waals surface area (Å²) in [5.41, 5.74) is 2.75. The number of carbonyl (C=O) groups is 1. The van der Waals surface area contributed by atoms with E-state index in [1.165, 1.54) is 88.3 Å². The zero-order chi connectivity index (χ0) is 19.0. The van der Waals surface area contributed by atoms with Gasteiger partial charge in [0, 0.05) is 26.2 Å². The minimum atomic E-state index is 0.340. The van der Waals surface area contributed by atoms with Crippen LogP contribution in [0.1, 0.15) is 96.0 Å². The molecule has 0 aliphatic rings. The van der Waals surface area contributed by atoms with E-state index in [1.54, 1.807) is 6.92 Å². The number of Topliss-reactive ketones (excluding diaryl/α,β-unsaturated/α-hetero) is 1. The van der Waals surface area contributed by atoms with Gasteiger partial charge in [0.1, 0.15) is 5.78 Å². The second-order valence-corrected chi connectivity index (χ2v) is 8.01. The average molecular weight is 360 g/mol. The lowest BCUT2D eigenvalue weighted by molar-refractivity contribution is -0.117. The van der Waals surface area contributed by atoms with Gasteiger partial charge in [-0.3, -0.25) is 0 Å². The Kier molecular flexibility index (Phi) is 13.0. The van der Waals surface area contributed by atoms with Crippen molar-refractivity contribution >= 4 is 11.5 Å². The number of benzene rings is 1. The van der Waals surface area contributed by atoms with Crippen molar-refractivity contribution in [1.82, 2.24) is 0 Å². The number of rotatable bonds is 16. The van der Waals surface area contributed by atoms with E-state index in [1.807, 2.05) is 0 Å². The molecule has 0 saturated heterocycles. The molecular formula is C24H41NO. The van der Waals surface area contributed by atoms with Crippen LogP contribution in [0.2, 0.25) is 0 Å². The van der Waals surface area contributed by atoms with Gasteiger partial charge < -0.3 is 9.69 Å². The van der Waals surface area contributed by atoms with Gasteiger partial charge in [-0.25, -0.2) is 0 Å². The first kappa shape index (κ1) is 22.7. The normalized spacial score (nSPS) is 10.9. The Bertz CT molecular complexity index is 464. The van der Waals surface area contributed by atoms with E-state index in [0.29, 0.717) is 5.78 Å². The molecule has 1 aromatic carbocycles. The van der Waals surface area contributed by atoms with E-state index in [0.717, 1.165) is 12.8 Å². The summed E-state index contributed by atoms with van der Waals surface area (Å²) in [6.07, 6.45) is 18.0. The topological polar surface area (TPSA) is 20.3 Å². The van der Waals surface area contributed by atoms with Crippen LogP contribution < -0.4 is 4.90 Å². The molecule has 0 aliphatic heterocycles. The fourth-order valence-corrected chi connectivity index (χ4v) is 3.43. The van der Waals surface area contributed by atoms with Crippen molar-refractivity contribution in [1.29, 1.82) is 0 Å². The number of aryl methyl sites for hydroxylation is 1. The molecule has 0 radical (unpaired) electrons. The van der Waals surface area contributed by atoms with Crippen LogP contribution in [0.3, 0.4) is 0 Å². The molecule has 0 saturated carbocycles. The Hall–Kier alpha value is -1.31. The third kappa shape index (κ3) is 12.1. The maximum atomic E-state index is 10.9. The lowest BCUT2D eigenvalue weighted by Gasteiger charge is -2.12. The quantitative estimate of drug-likeness (QED) is 0.297. The lowest BCUT2D eigenvalue weighted by Crippen LogP contribution is -2.08. The summed E-state index contributed by atoms with van der Waals surface area (Å²) < 4.78 is 0. The first-order valence-electron chi connectivity index (χ1n) is 10.9. The Morgan fingerprint density at radius 3 is 1.54 bits per heavy atom. The van der Waals surface area contributed by atoms with Crippen LogP contribution in [-0.2, 0) is 11.2 Å². The molecule has 26 heavy (non-hydrogen) atoms. The maximum Gasteiger partial charge on any atom is 0.129 e. The smallest absolute Gasteiger partial charge is 0.129 e. The highest BCUT2D eigenvalue weighted by molar-refractivity contribution is 5.75. The zero-order valence-electron chi connectivity index (χ0n) is 17.6. The van der Waals surface area contributed by atoms with Crippen molar-refractivity contribution in [3.05, 3.63) is 29.8 Å². The van der Waals surface area contributed by atoms with Crippen LogP contribution in [-0.4, -0.2) is 19.9 Å². The van der Waals surface area contributed by atoms with Crippen LogP contribution >= 0.6 is 0 Å². The molecule has 1 rings (SSSR count). The molecule has 0 heterocycles. The molecule has 0 unspecified atom stereocenters. The number of carbonyl (C=O) groups excluding carboxylic acids is 1. The molecule has 0 bridgehead atoms. The van der Waals surface area contributed by atoms with Crippen LogP contribution in [0.15, 0.2) is 24.3 Å². The molecule has 0 aliphatic carbocycles. The van der Waals surface area contributed by atoms with E-state index < -0.39 is 0 Å². The highest BCUT2D eigenvalue weighted by atomic mass is 16.1. The summed E-state index contributed by atoms with van der Waals surface area (Å²) in [5.74, 6) is 0.340. The van der Waals surface area contributed by atoms with Crippen LogP contribution in [0.5, 0.6) is 0 Å². The van der Waals surface area contributed by atoms with Crippen molar-refractivity contribution in [3.8, 4) is 0 Å². The lowest BCUT2D eigenvalue weighted by atomic mass is 10.0. The van der Waals surface area contributed by atoms with Gasteiger partial charge in [0.2, 0.25) is 0 Å². The standard InChI is InChI=1S/C24H41NO/c1-22(26)16-14-12-10-8-6-4-5-7-9-11-13-15-17-23-18-20-24(21-19-23)25(2)3/h18-21H,4-17H2,1-3H3. The van der Waals surface area contributed by atoms with Crippen molar-refractivity contribution in [3.63, 3.8) is 0 Å². The Labute approximate surface area is 162 Å². The van der Waals surface area contributed by atoms with E-state index in [9.17, 15) is 4.79 Å². The summed E-state index contributed by atoms with van der Waals surface area (Å²) >= 11 is 0. The summed E-state index contributed by atoms with van der Waals surface area (Å²) in [7, 11) is 4.18. The summed E-state index contributed by atoms with van der Waals surface area (Å²) in [5, 5.41) is 0. The number of ketones is 1. The fourth-order valence-electron chi connectivity index (χ4n) is 3.43. The average Bonchev–Trinajstić information content (AvgIpc) is 2.62. The molecule has 0 fully saturated rings. The molecule has 2 heteroatoms. The SMILES string of the molecule is CC(=O)CCCCCCCCCCCCCCc1ccc(N(C)C)cc1. The number of nitrogens with zero attached hydrogens (tertiary/aromatic N) is 1. The zero-order valence-corrected chi connectivity index (χ0v) is 17.6. The van der Waals surface area contributed by atoms with Gasteiger partial charge in [0.05, 0.1) is 0 Å². The number of hydrogen-bond donors (Lipinski definition) is 0. The highest BCUT2D eigenvalue weighted by Gasteiger charge is 1.98. The van der Waals surface area contributed by atoms with Crippen molar-refractivity contribution in [2.24, 2.45) is 0 Å². The van der Waals surface area contributed by atoms with E-state index in [4.69, 9.17) is 0 Å². The van der Waals surface area contributed by atoms with Crippen molar-refractivity contribution in [2.45, 2.75) is 96.8 Å². The number of anilines is 1. The van der Waals surface area contributed by atoms with E-state index in [2.05, 4.69) is 43.3 Å². The van der Waals surface area contributed by atoms with Gasteiger partial charge in [0.25, 0.3) is 0 Å². The predicted molar refractivity (Wildman–Crippen MR) is 115 cm³/mol. The Morgan fingerprint density at radius 2 is 1.12 bits per heavy atom. The molecular weight excluding hydrogens is 318 g/mol. The summed E-state index contributed by atoms with van der Waals surface area (Å²) in [4.78, 5) is 13.0. The minimum absolute atomic E-state index is 0.340. The molecule has 1 aromatic rings. The van der Waals surface area contributed by atoms with Crippen LogP contribution in [0.4, 0.5) is 5.69 Å². The van der Waals surface area contributed by atoms with Gasteiger partial charge in [-0.2, -0.15) is 0 Å². The number of hydrogen-bond acceptors (Lipinski definition) is 2. The third-order valence-corrected chi connectivity index (χ3v) is 5.20. The molecule has 0 N–H and O–H groups in total. The third-order valence-electron chi connectivity index (χ3n) is 5.20. The second-order valence-electron chi connectivity index (χ2n) is 8.01. The first-order valence-corrected chi connectivity index (χ1v) is 10.9. The Morgan fingerprint density at radius 1 is 0.692 bits per heavy atom.